The fraction of sp³-hybridized carbons (Fsp3) is 0.417. The van der Waals surface area contributed by atoms with Gasteiger partial charge in [-0.05, 0) is 29.9 Å². The molecule has 0 aliphatic carbocycles. The first-order chi connectivity index (χ1) is 12.8. The lowest BCUT2D eigenvalue weighted by Gasteiger charge is -2.25. The van der Waals surface area contributed by atoms with Crippen molar-refractivity contribution in [3.05, 3.63) is 71.8 Å². The molecule has 0 saturated carbocycles. The zero-order valence-electron chi connectivity index (χ0n) is 15.6. The third-order valence-corrected chi connectivity index (χ3v) is 5.12. The third-order valence-electron chi connectivity index (χ3n) is 5.12. The Balaban J connectivity index is 2.24. The zero-order chi connectivity index (χ0) is 18.6. The minimum atomic E-state index is -0.612. The van der Waals surface area contributed by atoms with Gasteiger partial charge in [-0.3, -0.25) is 0 Å². The number of nitrogens with zero attached hydrogens (tertiary/aromatic N) is 2. The summed E-state index contributed by atoms with van der Waals surface area (Å²) in [5.74, 6) is -0.288. The minimum Gasteiger partial charge on any atom is -0.197 e. The van der Waals surface area contributed by atoms with Crippen molar-refractivity contribution in [2.75, 3.05) is 0 Å². The molecule has 134 valence electrons. The molecule has 0 N–H and O–H groups in total. The first-order valence-electron chi connectivity index (χ1n) is 9.69. The van der Waals surface area contributed by atoms with E-state index in [1.807, 2.05) is 36.4 Å². The minimum absolute atomic E-state index is 0.0532. The summed E-state index contributed by atoms with van der Waals surface area (Å²) >= 11 is 0. The van der Waals surface area contributed by atoms with E-state index in [4.69, 9.17) is 0 Å². The smallest absolute Gasteiger partial charge is 0.140 e. The molecule has 2 rings (SSSR count). The summed E-state index contributed by atoms with van der Waals surface area (Å²) in [5.41, 5.74) is 2.41. The summed E-state index contributed by atoms with van der Waals surface area (Å²) < 4.78 is 0. The SMILES string of the molecule is CCCCCCC(CC(c1ccccc1)C(C#N)C#N)c1ccccc1. The Morgan fingerprint density at radius 1 is 0.769 bits per heavy atom. The molecule has 0 amide bonds. The summed E-state index contributed by atoms with van der Waals surface area (Å²) in [5, 5.41) is 19.0. The van der Waals surface area contributed by atoms with Gasteiger partial charge < -0.3 is 0 Å². The predicted octanol–water partition coefficient (Wildman–Crippen LogP) is 6.58. The maximum atomic E-state index is 9.51. The van der Waals surface area contributed by atoms with E-state index in [0.717, 1.165) is 18.4 Å². The van der Waals surface area contributed by atoms with E-state index < -0.39 is 5.92 Å². The molecule has 0 fully saturated rings. The van der Waals surface area contributed by atoms with Gasteiger partial charge in [-0.2, -0.15) is 10.5 Å². The molecule has 2 nitrogen and oxygen atoms in total. The number of benzene rings is 2. The molecule has 0 bridgehead atoms. The summed E-state index contributed by atoms with van der Waals surface area (Å²) in [6.07, 6.45) is 6.88. The topological polar surface area (TPSA) is 47.6 Å². The molecular formula is C24H28N2. The Labute approximate surface area is 158 Å². The van der Waals surface area contributed by atoms with Gasteiger partial charge in [-0.15, -0.1) is 0 Å². The molecule has 0 aliphatic rings. The zero-order valence-corrected chi connectivity index (χ0v) is 15.6. The standard InChI is InChI=1S/C24H28N2/c1-2-3-4-7-16-22(20-12-8-5-9-13-20)17-24(23(18-25)19-26)21-14-10-6-11-15-21/h5-6,8-15,22-24H,2-4,7,16-17H2,1H3. The van der Waals surface area contributed by atoms with Crippen LogP contribution in [-0.2, 0) is 0 Å². The molecule has 2 unspecified atom stereocenters. The largest absolute Gasteiger partial charge is 0.197 e. The van der Waals surface area contributed by atoms with Crippen molar-refractivity contribution in [1.82, 2.24) is 0 Å². The van der Waals surface area contributed by atoms with Gasteiger partial charge in [-0.25, -0.2) is 0 Å². The quantitative estimate of drug-likeness (QED) is 0.457. The van der Waals surface area contributed by atoms with E-state index in [0.29, 0.717) is 5.92 Å². The normalized spacial score (nSPS) is 12.9. The van der Waals surface area contributed by atoms with Crippen LogP contribution < -0.4 is 0 Å². The lowest BCUT2D eigenvalue weighted by molar-refractivity contribution is 0.454. The Kier molecular flexibility index (Phi) is 8.44. The molecule has 2 aromatic rings. The number of hydrogen-bond acceptors (Lipinski definition) is 2. The molecular weight excluding hydrogens is 316 g/mol. The van der Waals surface area contributed by atoms with Crippen LogP contribution in [0.4, 0.5) is 0 Å². The Morgan fingerprint density at radius 2 is 1.35 bits per heavy atom. The van der Waals surface area contributed by atoms with Crippen LogP contribution in [-0.4, -0.2) is 0 Å². The van der Waals surface area contributed by atoms with E-state index >= 15 is 0 Å². The highest BCUT2D eigenvalue weighted by Crippen LogP contribution is 2.37. The van der Waals surface area contributed by atoms with Gasteiger partial charge in [0.05, 0.1) is 12.1 Å². The van der Waals surface area contributed by atoms with Gasteiger partial charge in [0.15, 0.2) is 0 Å². The molecule has 0 saturated heterocycles. The van der Waals surface area contributed by atoms with Crippen LogP contribution >= 0.6 is 0 Å². The van der Waals surface area contributed by atoms with Crippen molar-refractivity contribution >= 4 is 0 Å². The van der Waals surface area contributed by atoms with Crippen molar-refractivity contribution in [2.45, 2.75) is 57.3 Å². The number of hydrogen-bond donors (Lipinski definition) is 0. The van der Waals surface area contributed by atoms with Gasteiger partial charge in [0.1, 0.15) is 5.92 Å². The van der Waals surface area contributed by atoms with Crippen molar-refractivity contribution < 1.29 is 0 Å². The number of unbranched alkanes of at least 4 members (excludes halogenated alkanes) is 3. The number of nitriles is 2. The highest BCUT2D eigenvalue weighted by Gasteiger charge is 2.27. The fourth-order valence-electron chi connectivity index (χ4n) is 3.64. The molecule has 0 heterocycles. The average molecular weight is 345 g/mol. The lowest BCUT2D eigenvalue weighted by atomic mass is 9.77. The summed E-state index contributed by atoms with van der Waals surface area (Å²) in [7, 11) is 0. The molecule has 0 radical (unpaired) electrons. The molecule has 0 aromatic heterocycles. The Morgan fingerprint density at radius 3 is 1.88 bits per heavy atom. The van der Waals surface area contributed by atoms with E-state index in [9.17, 15) is 10.5 Å². The van der Waals surface area contributed by atoms with Crippen LogP contribution in [0.5, 0.6) is 0 Å². The summed E-state index contributed by atoms with van der Waals surface area (Å²) in [4.78, 5) is 0. The maximum absolute atomic E-state index is 9.51. The van der Waals surface area contributed by atoms with Crippen molar-refractivity contribution in [2.24, 2.45) is 5.92 Å². The van der Waals surface area contributed by atoms with Gasteiger partial charge in [-0.1, -0.05) is 93.3 Å². The monoisotopic (exact) mass is 344 g/mol. The Bertz CT molecular complexity index is 695. The van der Waals surface area contributed by atoms with E-state index in [2.05, 4.69) is 43.3 Å². The van der Waals surface area contributed by atoms with Crippen LogP contribution in [0.15, 0.2) is 60.7 Å². The van der Waals surface area contributed by atoms with E-state index in [-0.39, 0.29) is 5.92 Å². The van der Waals surface area contributed by atoms with Crippen LogP contribution in [0, 0.1) is 28.6 Å². The second-order valence-electron chi connectivity index (χ2n) is 6.95. The van der Waals surface area contributed by atoms with Crippen molar-refractivity contribution in [3.63, 3.8) is 0 Å². The molecule has 2 heteroatoms. The highest BCUT2D eigenvalue weighted by molar-refractivity contribution is 5.27. The molecule has 2 atom stereocenters. The molecule has 0 spiro atoms. The molecule has 0 aliphatic heterocycles. The van der Waals surface area contributed by atoms with Crippen LogP contribution in [0.1, 0.15) is 68.4 Å². The van der Waals surface area contributed by atoms with Gasteiger partial charge in [0.25, 0.3) is 0 Å². The summed E-state index contributed by atoms with van der Waals surface area (Å²) in [6, 6.07) is 25.1. The fourth-order valence-corrected chi connectivity index (χ4v) is 3.64. The van der Waals surface area contributed by atoms with E-state index in [1.165, 1.54) is 31.2 Å². The number of rotatable bonds is 10. The second-order valence-corrected chi connectivity index (χ2v) is 6.95. The first kappa shape index (κ1) is 19.7. The first-order valence-corrected chi connectivity index (χ1v) is 9.69. The Hall–Kier alpha value is -2.58. The average Bonchev–Trinajstić information content (AvgIpc) is 2.71. The predicted molar refractivity (Wildman–Crippen MR) is 106 cm³/mol. The van der Waals surface area contributed by atoms with E-state index in [1.54, 1.807) is 0 Å². The molecule has 2 aromatic carbocycles. The van der Waals surface area contributed by atoms with Crippen LogP contribution in [0.25, 0.3) is 0 Å². The van der Waals surface area contributed by atoms with Crippen molar-refractivity contribution in [3.8, 4) is 12.1 Å². The third kappa shape index (κ3) is 5.75. The van der Waals surface area contributed by atoms with Gasteiger partial charge in [0.2, 0.25) is 0 Å². The maximum Gasteiger partial charge on any atom is 0.140 e. The van der Waals surface area contributed by atoms with Crippen molar-refractivity contribution in [1.29, 1.82) is 10.5 Å². The second kappa shape index (κ2) is 11.1. The van der Waals surface area contributed by atoms with Gasteiger partial charge >= 0.3 is 0 Å². The lowest BCUT2D eigenvalue weighted by Crippen LogP contribution is -2.14. The van der Waals surface area contributed by atoms with Gasteiger partial charge in [0, 0.05) is 5.92 Å². The molecule has 26 heavy (non-hydrogen) atoms. The summed E-state index contributed by atoms with van der Waals surface area (Å²) in [6.45, 7) is 2.23. The van der Waals surface area contributed by atoms with Crippen LogP contribution in [0.3, 0.4) is 0 Å². The highest BCUT2D eigenvalue weighted by atomic mass is 14.4. The van der Waals surface area contributed by atoms with Crippen LogP contribution in [0.2, 0.25) is 0 Å².